The quantitative estimate of drug-likeness (QED) is 0.330. The molecule has 2 saturated heterocycles. The van der Waals surface area contributed by atoms with Gasteiger partial charge in [-0.3, -0.25) is 24.1 Å². The van der Waals surface area contributed by atoms with Gasteiger partial charge in [-0.25, -0.2) is 13.7 Å². The zero-order valence-corrected chi connectivity index (χ0v) is 25.0. The molecule has 1 amide bonds. The average Bonchev–Trinajstić information content (AvgIpc) is 3.49. The Morgan fingerprint density at radius 2 is 1.93 bits per heavy atom. The number of rotatable bonds is 5. The fourth-order valence-electron chi connectivity index (χ4n) is 6.70. The first-order valence-corrected chi connectivity index (χ1v) is 15.6. The number of carbonyl (C=O) groups is 2. The van der Waals surface area contributed by atoms with Crippen LogP contribution in [-0.2, 0) is 20.0 Å². The van der Waals surface area contributed by atoms with Gasteiger partial charge in [0.25, 0.3) is 12.3 Å². The number of amides is 1. The second-order valence-corrected chi connectivity index (χ2v) is 12.2. The molecule has 4 aliphatic rings. The molecule has 1 N–H and O–H groups in total. The van der Waals surface area contributed by atoms with E-state index >= 15 is 4.39 Å². The van der Waals surface area contributed by atoms with Gasteiger partial charge in [-0.2, -0.15) is 0 Å². The molecular formula is C31H30F2N4O7S. The van der Waals surface area contributed by atoms with Gasteiger partial charge in [-0.1, -0.05) is 24.3 Å². The van der Waals surface area contributed by atoms with Crippen LogP contribution in [0.15, 0.2) is 58.4 Å². The summed E-state index contributed by atoms with van der Waals surface area (Å²) >= 11 is 1.38. The topological polar surface area (TPSA) is 114 Å². The fraction of sp³-hybridized carbons (Fsp3) is 0.387. The minimum atomic E-state index is -1.73. The van der Waals surface area contributed by atoms with Crippen molar-refractivity contribution in [1.82, 2.24) is 14.5 Å². The van der Waals surface area contributed by atoms with Crippen LogP contribution in [-0.4, -0.2) is 83.5 Å². The third-order valence-corrected chi connectivity index (χ3v) is 9.92. The number of thioether (sulfide) groups is 1. The fourth-order valence-corrected chi connectivity index (χ4v) is 7.81. The second-order valence-electron chi connectivity index (χ2n) is 11.2. The van der Waals surface area contributed by atoms with E-state index in [1.807, 2.05) is 29.3 Å². The molecule has 45 heavy (non-hydrogen) atoms. The van der Waals surface area contributed by atoms with Crippen LogP contribution < -0.4 is 15.2 Å². The van der Waals surface area contributed by atoms with Crippen LogP contribution in [0.4, 0.5) is 8.78 Å². The van der Waals surface area contributed by atoms with E-state index in [2.05, 4.69) is 0 Å². The zero-order chi connectivity index (χ0) is 31.4. The molecule has 0 spiro atoms. The van der Waals surface area contributed by atoms with Crippen molar-refractivity contribution in [1.29, 1.82) is 0 Å². The summed E-state index contributed by atoms with van der Waals surface area (Å²) < 4.78 is 48.0. The smallest absolute Gasteiger partial charge is 0.323 e. The van der Waals surface area contributed by atoms with Crippen LogP contribution in [0.2, 0.25) is 0 Å². The molecule has 0 radical (unpaired) electrons. The number of morpholine rings is 1. The first-order chi connectivity index (χ1) is 21.8. The normalized spacial score (nSPS) is 23.4. The lowest BCUT2D eigenvalue weighted by Gasteiger charge is -2.51. The number of aromatic nitrogens is 1. The number of ether oxygens (including phenoxy) is 3. The van der Waals surface area contributed by atoms with Crippen molar-refractivity contribution in [2.45, 2.75) is 48.2 Å². The van der Waals surface area contributed by atoms with E-state index in [0.717, 1.165) is 16.5 Å². The number of halogens is 2. The Balaban J connectivity index is 1.41. The average molecular weight is 641 g/mol. The number of nitrogens with zero attached hydrogens (tertiary/aromatic N) is 4. The summed E-state index contributed by atoms with van der Waals surface area (Å²) in [6.45, 7) is 0.845. The van der Waals surface area contributed by atoms with Gasteiger partial charge in [0.05, 0.1) is 26.4 Å². The molecule has 2 fully saturated rings. The third-order valence-electron chi connectivity index (χ3n) is 8.81. The number of aliphatic hydroxyl groups is 1. The van der Waals surface area contributed by atoms with Crippen LogP contribution in [0.1, 0.15) is 46.1 Å². The number of hydrogen-bond donors (Lipinski definition) is 1. The van der Waals surface area contributed by atoms with Crippen LogP contribution in [0, 0.1) is 11.6 Å². The molecule has 3 aromatic rings. The minimum Gasteiger partial charge on any atom is -0.468 e. The van der Waals surface area contributed by atoms with Crippen molar-refractivity contribution < 1.29 is 37.7 Å². The lowest BCUT2D eigenvalue weighted by atomic mass is 9.93. The highest BCUT2D eigenvalue weighted by Crippen LogP contribution is 2.45. The number of carbonyl (C=O) groups excluding carboxylic acids is 2. The van der Waals surface area contributed by atoms with E-state index < -0.39 is 59.4 Å². The minimum absolute atomic E-state index is 0.107. The molecule has 4 atom stereocenters. The van der Waals surface area contributed by atoms with E-state index in [1.165, 1.54) is 40.7 Å². The van der Waals surface area contributed by atoms with E-state index in [-0.39, 0.29) is 36.8 Å². The second kappa shape index (κ2) is 11.7. The van der Waals surface area contributed by atoms with Gasteiger partial charge in [0, 0.05) is 41.6 Å². The maximum absolute atomic E-state index is 15.4. The summed E-state index contributed by atoms with van der Waals surface area (Å²) in [6.07, 6.45) is 0.0330. The Hall–Kier alpha value is -3.98. The van der Waals surface area contributed by atoms with E-state index in [9.17, 15) is 23.9 Å². The highest BCUT2D eigenvalue weighted by molar-refractivity contribution is 7.98. The molecule has 7 rings (SSSR count). The molecule has 0 saturated carbocycles. The molecule has 0 aliphatic carbocycles. The predicted octanol–water partition coefficient (Wildman–Crippen LogP) is 2.56. The number of methoxy groups -OCH3 is 1. The van der Waals surface area contributed by atoms with Crippen molar-refractivity contribution in [3.63, 3.8) is 0 Å². The number of fused-ring (bicyclic) bond motifs is 4. The summed E-state index contributed by atoms with van der Waals surface area (Å²) in [5.74, 6) is -3.20. The van der Waals surface area contributed by atoms with Gasteiger partial charge >= 0.3 is 5.97 Å². The molecule has 2 aromatic carbocycles. The summed E-state index contributed by atoms with van der Waals surface area (Å²) in [7, 11) is 1.25. The van der Waals surface area contributed by atoms with E-state index in [4.69, 9.17) is 14.2 Å². The highest BCUT2D eigenvalue weighted by Gasteiger charge is 2.47. The SMILES string of the molecule is COC(=O)[C@@H]1CCCN1C(O)Oc1c2n(ccc1=O)N([C@@H]1c3ccccc3SCc3c1ccc(F)c3F)[C@@H]1COCCN1C2=O. The first kappa shape index (κ1) is 29.7. The Labute approximate surface area is 260 Å². The standard InChI is InChI=1S/C31H30F2N4O7S/c1-42-30(40)21-6-4-11-34(21)31(41)44-28-22(38)10-12-36-27(28)29(39)35-13-14-43-15-24(35)37(36)26-17-8-9-20(32)25(33)19(17)16-45-23-7-3-2-5-18(23)26/h2-3,5,7-10,12,21,24,26,31,41H,4,6,11,13-16H2,1H3/t21-,24+,26-,31?/m0/s1. The maximum atomic E-state index is 15.4. The Kier molecular flexibility index (Phi) is 7.76. The van der Waals surface area contributed by atoms with Gasteiger partial charge in [-0.15, -0.1) is 11.8 Å². The maximum Gasteiger partial charge on any atom is 0.323 e. The Morgan fingerprint density at radius 3 is 2.76 bits per heavy atom. The summed E-state index contributed by atoms with van der Waals surface area (Å²) in [5, 5.41) is 13.0. The zero-order valence-electron chi connectivity index (χ0n) is 24.2. The van der Waals surface area contributed by atoms with Crippen molar-refractivity contribution in [2.75, 3.05) is 38.4 Å². The molecule has 1 aromatic heterocycles. The van der Waals surface area contributed by atoms with E-state index in [1.54, 1.807) is 11.0 Å². The molecule has 236 valence electrons. The molecular weight excluding hydrogens is 610 g/mol. The number of likely N-dealkylation sites (tertiary alicyclic amines) is 1. The number of benzene rings is 2. The molecule has 4 aliphatic heterocycles. The predicted molar refractivity (Wildman–Crippen MR) is 157 cm³/mol. The highest BCUT2D eigenvalue weighted by atomic mass is 32.2. The van der Waals surface area contributed by atoms with Crippen LogP contribution >= 0.6 is 11.8 Å². The summed E-state index contributed by atoms with van der Waals surface area (Å²) in [6, 6.07) is 9.86. The van der Waals surface area contributed by atoms with Crippen molar-refractivity contribution in [2.24, 2.45) is 0 Å². The first-order valence-electron chi connectivity index (χ1n) is 14.6. The molecule has 11 nitrogen and oxygen atoms in total. The number of esters is 1. The van der Waals surface area contributed by atoms with Gasteiger partial charge in [-0.05, 0) is 36.1 Å². The Morgan fingerprint density at radius 1 is 1.11 bits per heavy atom. The van der Waals surface area contributed by atoms with Crippen LogP contribution in [0.5, 0.6) is 5.75 Å². The molecule has 0 bridgehead atoms. The molecule has 14 heteroatoms. The van der Waals surface area contributed by atoms with Crippen molar-refractivity contribution in [3.05, 3.63) is 92.9 Å². The lowest BCUT2D eigenvalue weighted by Crippen LogP contribution is -2.66. The number of hydrogen-bond acceptors (Lipinski definition) is 10. The van der Waals surface area contributed by atoms with Crippen molar-refractivity contribution in [3.8, 4) is 5.75 Å². The largest absolute Gasteiger partial charge is 0.468 e. The Bertz CT molecular complexity index is 1740. The van der Waals surface area contributed by atoms with Crippen LogP contribution in [0.3, 0.4) is 0 Å². The van der Waals surface area contributed by atoms with Gasteiger partial charge in [0.15, 0.2) is 17.3 Å². The molecule has 5 heterocycles. The van der Waals surface area contributed by atoms with Crippen LogP contribution in [0.25, 0.3) is 0 Å². The van der Waals surface area contributed by atoms with Gasteiger partial charge in [0.1, 0.15) is 12.2 Å². The lowest BCUT2D eigenvalue weighted by molar-refractivity contribution is -0.168. The number of aliphatic hydroxyl groups excluding tert-OH is 1. The monoisotopic (exact) mass is 640 g/mol. The summed E-state index contributed by atoms with van der Waals surface area (Å²) in [4.78, 5) is 43.7. The van der Waals surface area contributed by atoms with Gasteiger partial charge < -0.3 is 24.2 Å². The third kappa shape index (κ3) is 4.87. The number of pyridine rings is 1. The van der Waals surface area contributed by atoms with Crippen molar-refractivity contribution >= 4 is 23.6 Å². The van der Waals surface area contributed by atoms with E-state index in [0.29, 0.717) is 24.9 Å². The summed E-state index contributed by atoms with van der Waals surface area (Å²) in [5.41, 5.74) is 0.680. The van der Waals surface area contributed by atoms with Gasteiger partial charge in [0.2, 0.25) is 11.2 Å². The molecule has 1 unspecified atom stereocenters.